The molecule has 30 heavy (non-hydrogen) atoms. The average Bonchev–Trinajstić information content (AvgIpc) is 2.75. The first kappa shape index (κ1) is 21.2. The van der Waals surface area contributed by atoms with Crippen LogP contribution < -0.4 is 9.47 Å². The zero-order valence-corrected chi connectivity index (χ0v) is 16.3. The van der Waals surface area contributed by atoms with E-state index in [0.29, 0.717) is 39.4 Å². The molecule has 0 unspecified atom stereocenters. The number of alkyl halides is 2. The first-order chi connectivity index (χ1) is 14.4. The number of rotatable bonds is 7. The molecule has 3 aromatic rings. The third kappa shape index (κ3) is 4.72. The maximum atomic E-state index is 12.8. The smallest absolute Gasteiger partial charge is 0.387 e. The molecule has 0 saturated carbocycles. The van der Waals surface area contributed by atoms with Crippen LogP contribution in [-0.4, -0.2) is 35.1 Å². The summed E-state index contributed by atoms with van der Waals surface area (Å²) in [5.74, 6) is 0.551. The van der Waals surface area contributed by atoms with Gasteiger partial charge in [0, 0.05) is 29.1 Å². The third-order valence-corrected chi connectivity index (χ3v) is 4.45. The van der Waals surface area contributed by atoms with Crippen molar-refractivity contribution in [1.29, 1.82) is 0 Å². The van der Waals surface area contributed by atoms with Crippen LogP contribution in [0.4, 0.5) is 14.5 Å². The van der Waals surface area contributed by atoms with Crippen LogP contribution in [0.5, 0.6) is 17.2 Å². The SMILES string of the molecule is COc1ccc(-c2cc(N=Cc3c(CO)cnc(C)c3O)ccc2OC(F)F)cc1. The van der Waals surface area contributed by atoms with Crippen molar-refractivity contribution in [2.45, 2.75) is 20.1 Å². The molecule has 156 valence electrons. The standard InChI is InChI=1S/C22H20F2N2O4/c1-13-21(28)19(15(12-27)10-25-13)11-26-16-5-8-20(30-22(23)24)18(9-16)14-3-6-17(29-2)7-4-14/h3-11,22,27-28H,12H2,1-2H3. The molecular formula is C22H20F2N2O4. The number of aryl methyl sites for hydroxylation is 1. The van der Waals surface area contributed by atoms with Gasteiger partial charge in [0.2, 0.25) is 0 Å². The Labute approximate surface area is 172 Å². The molecule has 0 saturated heterocycles. The Morgan fingerprint density at radius 3 is 2.53 bits per heavy atom. The number of ether oxygens (including phenoxy) is 2. The van der Waals surface area contributed by atoms with E-state index in [-0.39, 0.29) is 18.1 Å². The number of aliphatic hydroxyl groups is 1. The van der Waals surface area contributed by atoms with Crippen molar-refractivity contribution in [2.75, 3.05) is 7.11 Å². The van der Waals surface area contributed by atoms with Gasteiger partial charge in [0.15, 0.2) is 0 Å². The molecule has 0 aliphatic carbocycles. The summed E-state index contributed by atoms with van der Waals surface area (Å²) in [6.45, 7) is -1.66. The molecule has 0 aliphatic rings. The fourth-order valence-electron chi connectivity index (χ4n) is 2.85. The van der Waals surface area contributed by atoms with Gasteiger partial charge in [-0.2, -0.15) is 8.78 Å². The number of aromatic hydroxyl groups is 1. The Hall–Kier alpha value is -3.52. The molecule has 2 aromatic carbocycles. The van der Waals surface area contributed by atoms with Crippen LogP contribution >= 0.6 is 0 Å². The number of nitrogens with zero attached hydrogens (tertiary/aromatic N) is 2. The van der Waals surface area contributed by atoms with Gasteiger partial charge in [-0.05, 0) is 42.8 Å². The Kier molecular flexibility index (Phi) is 6.58. The normalized spacial score (nSPS) is 11.3. The van der Waals surface area contributed by atoms with Crippen LogP contribution in [0.2, 0.25) is 0 Å². The summed E-state index contributed by atoms with van der Waals surface area (Å²) in [5, 5.41) is 19.7. The van der Waals surface area contributed by atoms with Crippen LogP contribution in [0.25, 0.3) is 11.1 Å². The fourth-order valence-corrected chi connectivity index (χ4v) is 2.85. The highest BCUT2D eigenvalue weighted by Gasteiger charge is 2.13. The number of aliphatic imine (C=N–C) groups is 1. The zero-order chi connectivity index (χ0) is 21.7. The number of aliphatic hydroxyl groups excluding tert-OH is 1. The summed E-state index contributed by atoms with van der Waals surface area (Å²) in [5.41, 5.74) is 2.65. The van der Waals surface area contributed by atoms with Crippen LogP contribution in [0.15, 0.2) is 53.7 Å². The van der Waals surface area contributed by atoms with Gasteiger partial charge in [-0.3, -0.25) is 9.98 Å². The van der Waals surface area contributed by atoms with E-state index in [2.05, 4.69) is 14.7 Å². The van der Waals surface area contributed by atoms with Crippen molar-refractivity contribution >= 4 is 11.9 Å². The van der Waals surface area contributed by atoms with Crippen LogP contribution in [0.3, 0.4) is 0 Å². The van der Waals surface area contributed by atoms with E-state index in [1.165, 1.54) is 31.7 Å². The van der Waals surface area contributed by atoms with Gasteiger partial charge in [0.25, 0.3) is 0 Å². The van der Waals surface area contributed by atoms with E-state index < -0.39 is 6.61 Å². The number of methoxy groups -OCH3 is 1. The van der Waals surface area contributed by atoms with Gasteiger partial charge in [-0.25, -0.2) is 0 Å². The Morgan fingerprint density at radius 1 is 1.17 bits per heavy atom. The Morgan fingerprint density at radius 2 is 1.90 bits per heavy atom. The minimum absolute atomic E-state index is 0.00719. The van der Waals surface area contributed by atoms with Gasteiger partial charge in [0.05, 0.1) is 25.1 Å². The highest BCUT2D eigenvalue weighted by molar-refractivity contribution is 5.88. The topological polar surface area (TPSA) is 84.2 Å². The van der Waals surface area contributed by atoms with Gasteiger partial charge in [-0.1, -0.05) is 12.1 Å². The van der Waals surface area contributed by atoms with Crippen LogP contribution in [-0.2, 0) is 6.61 Å². The number of benzene rings is 2. The number of halogens is 2. The van der Waals surface area contributed by atoms with Crippen molar-refractivity contribution in [3.05, 3.63) is 65.5 Å². The Balaban J connectivity index is 2.02. The second kappa shape index (κ2) is 9.32. The summed E-state index contributed by atoms with van der Waals surface area (Å²) in [4.78, 5) is 8.34. The second-order valence-electron chi connectivity index (χ2n) is 6.33. The summed E-state index contributed by atoms with van der Waals surface area (Å²) in [6, 6.07) is 11.4. The second-order valence-corrected chi connectivity index (χ2v) is 6.33. The highest BCUT2D eigenvalue weighted by atomic mass is 19.3. The summed E-state index contributed by atoms with van der Waals surface area (Å²) in [7, 11) is 1.53. The predicted molar refractivity (Wildman–Crippen MR) is 109 cm³/mol. The van der Waals surface area contributed by atoms with Crippen molar-refractivity contribution in [1.82, 2.24) is 4.98 Å². The lowest BCUT2D eigenvalue weighted by Gasteiger charge is -2.12. The molecule has 0 bridgehead atoms. The molecule has 1 heterocycles. The van der Waals surface area contributed by atoms with E-state index >= 15 is 0 Å². The van der Waals surface area contributed by atoms with Gasteiger partial charge in [-0.15, -0.1) is 0 Å². The molecule has 2 N–H and O–H groups in total. The number of aromatic nitrogens is 1. The molecule has 0 atom stereocenters. The maximum absolute atomic E-state index is 12.8. The highest BCUT2D eigenvalue weighted by Crippen LogP contribution is 2.35. The summed E-state index contributed by atoms with van der Waals surface area (Å²) < 4.78 is 35.5. The molecule has 0 aliphatic heterocycles. The van der Waals surface area contributed by atoms with Crippen molar-refractivity contribution in [2.24, 2.45) is 4.99 Å². The van der Waals surface area contributed by atoms with Crippen LogP contribution in [0.1, 0.15) is 16.8 Å². The lowest BCUT2D eigenvalue weighted by atomic mass is 10.0. The van der Waals surface area contributed by atoms with Crippen molar-refractivity contribution in [3.63, 3.8) is 0 Å². The molecule has 0 fully saturated rings. The van der Waals surface area contributed by atoms with Crippen molar-refractivity contribution < 1.29 is 28.5 Å². The maximum Gasteiger partial charge on any atom is 0.387 e. The van der Waals surface area contributed by atoms with E-state index in [9.17, 15) is 19.0 Å². The van der Waals surface area contributed by atoms with Gasteiger partial charge >= 0.3 is 6.61 Å². The molecule has 3 rings (SSSR count). The zero-order valence-electron chi connectivity index (χ0n) is 16.3. The largest absolute Gasteiger partial charge is 0.505 e. The van der Waals surface area contributed by atoms with Gasteiger partial charge < -0.3 is 19.7 Å². The fraction of sp³-hybridized carbons (Fsp3) is 0.182. The first-order valence-electron chi connectivity index (χ1n) is 8.98. The van der Waals surface area contributed by atoms with Crippen molar-refractivity contribution in [3.8, 4) is 28.4 Å². The van der Waals surface area contributed by atoms with E-state index in [1.807, 2.05) is 0 Å². The molecule has 8 heteroatoms. The van der Waals surface area contributed by atoms with E-state index in [1.54, 1.807) is 37.3 Å². The minimum atomic E-state index is -2.97. The number of hydrogen-bond donors (Lipinski definition) is 2. The van der Waals surface area contributed by atoms with Gasteiger partial charge in [0.1, 0.15) is 17.2 Å². The number of hydrogen-bond acceptors (Lipinski definition) is 6. The Bertz CT molecular complexity index is 1050. The molecule has 0 radical (unpaired) electrons. The quantitative estimate of drug-likeness (QED) is 0.552. The molecule has 6 nitrogen and oxygen atoms in total. The summed E-state index contributed by atoms with van der Waals surface area (Å²) in [6.07, 6.45) is 2.86. The molecule has 0 spiro atoms. The van der Waals surface area contributed by atoms with E-state index in [0.717, 1.165) is 0 Å². The third-order valence-electron chi connectivity index (χ3n) is 4.45. The molecule has 1 aromatic heterocycles. The first-order valence-corrected chi connectivity index (χ1v) is 8.98. The monoisotopic (exact) mass is 414 g/mol. The summed E-state index contributed by atoms with van der Waals surface area (Å²) >= 11 is 0. The molecular weight excluding hydrogens is 394 g/mol. The van der Waals surface area contributed by atoms with Crippen LogP contribution in [0, 0.1) is 6.92 Å². The lowest BCUT2D eigenvalue weighted by molar-refractivity contribution is -0.0494. The van der Waals surface area contributed by atoms with E-state index in [4.69, 9.17) is 4.74 Å². The number of pyridine rings is 1. The lowest BCUT2D eigenvalue weighted by Crippen LogP contribution is -2.03. The predicted octanol–water partition coefficient (Wildman–Crippen LogP) is 4.62. The molecule has 0 amide bonds. The minimum Gasteiger partial charge on any atom is -0.505 e. The average molecular weight is 414 g/mol.